The number of pyridine rings is 1. The molecule has 0 atom stereocenters. The van der Waals surface area contributed by atoms with Gasteiger partial charge in [0.1, 0.15) is 11.3 Å². The van der Waals surface area contributed by atoms with Crippen molar-refractivity contribution in [3.05, 3.63) is 65.5 Å². The molecule has 1 aliphatic rings. The molecule has 5 nitrogen and oxygen atoms in total. The maximum absolute atomic E-state index is 12.2. The van der Waals surface area contributed by atoms with Crippen molar-refractivity contribution in [3.8, 4) is 0 Å². The number of nitrogens with zero attached hydrogens (tertiary/aromatic N) is 1. The summed E-state index contributed by atoms with van der Waals surface area (Å²) in [6, 6.07) is 12.9. The third-order valence-corrected chi connectivity index (χ3v) is 3.74. The highest BCUT2D eigenvalue weighted by Crippen LogP contribution is 2.43. The number of ether oxygens (including phenoxy) is 1. The van der Waals surface area contributed by atoms with Crippen LogP contribution in [0, 0.1) is 0 Å². The molecule has 1 aliphatic carbocycles. The van der Waals surface area contributed by atoms with Crippen molar-refractivity contribution in [2.45, 2.75) is 24.9 Å². The maximum Gasteiger partial charge on any atom is 0.340 e. The second-order valence-corrected chi connectivity index (χ2v) is 5.53. The van der Waals surface area contributed by atoms with E-state index in [0.29, 0.717) is 12.0 Å². The van der Waals surface area contributed by atoms with Crippen LogP contribution < -0.4 is 5.73 Å². The minimum atomic E-state index is -0.623. The van der Waals surface area contributed by atoms with Gasteiger partial charge in [-0.3, -0.25) is 9.78 Å². The number of carbonyl (C=O) groups is 2. The van der Waals surface area contributed by atoms with Crippen molar-refractivity contribution >= 4 is 11.9 Å². The monoisotopic (exact) mass is 296 g/mol. The van der Waals surface area contributed by atoms with Crippen LogP contribution >= 0.6 is 0 Å². The molecule has 0 bridgehead atoms. The summed E-state index contributed by atoms with van der Waals surface area (Å²) >= 11 is 0. The van der Waals surface area contributed by atoms with Gasteiger partial charge in [0.25, 0.3) is 5.91 Å². The lowest BCUT2D eigenvalue weighted by molar-refractivity contribution is 0.0227. The Labute approximate surface area is 128 Å². The topological polar surface area (TPSA) is 82.3 Å². The Bertz CT molecular complexity index is 692. The van der Waals surface area contributed by atoms with Gasteiger partial charge in [-0.1, -0.05) is 30.3 Å². The summed E-state index contributed by atoms with van der Waals surface area (Å²) in [6.45, 7) is 0. The van der Waals surface area contributed by atoms with E-state index in [1.807, 2.05) is 30.3 Å². The van der Waals surface area contributed by atoms with Crippen LogP contribution in [0.25, 0.3) is 0 Å². The molecule has 22 heavy (non-hydrogen) atoms. The van der Waals surface area contributed by atoms with E-state index in [1.165, 1.54) is 18.3 Å². The van der Waals surface area contributed by atoms with E-state index in [-0.39, 0.29) is 5.69 Å². The van der Waals surface area contributed by atoms with E-state index in [0.717, 1.165) is 18.4 Å². The van der Waals surface area contributed by atoms with Gasteiger partial charge in [-0.05, 0) is 30.5 Å². The van der Waals surface area contributed by atoms with Gasteiger partial charge in [0, 0.05) is 12.6 Å². The van der Waals surface area contributed by atoms with Crippen LogP contribution in [0.2, 0.25) is 0 Å². The lowest BCUT2D eigenvalue weighted by Crippen LogP contribution is -2.22. The predicted octanol–water partition coefficient (Wildman–Crippen LogP) is 2.11. The zero-order valence-electron chi connectivity index (χ0n) is 12.0. The van der Waals surface area contributed by atoms with Crippen LogP contribution in [0.4, 0.5) is 0 Å². The molecule has 0 radical (unpaired) electrons. The van der Waals surface area contributed by atoms with Gasteiger partial charge in [0.05, 0.1) is 5.56 Å². The predicted molar refractivity (Wildman–Crippen MR) is 80.3 cm³/mol. The van der Waals surface area contributed by atoms with E-state index in [9.17, 15) is 9.59 Å². The quantitative estimate of drug-likeness (QED) is 0.857. The molecule has 112 valence electrons. The second kappa shape index (κ2) is 5.60. The van der Waals surface area contributed by atoms with Gasteiger partial charge in [-0.15, -0.1) is 0 Å². The summed E-state index contributed by atoms with van der Waals surface area (Å²) in [7, 11) is 0. The fourth-order valence-electron chi connectivity index (χ4n) is 2.34. The molecule has 1 fully saturated rings. The summed E-state index contributed by atoms with van der Waals surface area (Å²) in [4.78, 5) is 27.0. The van der Waals surface area contributed by atoms with Crippen molar-refractivity contribution < 1.29 is 14.3 Å². The number of rotatable bonds is 5. The zero-order valence-corrected chi connectivity index (χ0v) is 12.0. The minimum absolute atomic E-state index is 0.127. The molecule has 2 N–H and O–H groups in total. The fraction of sp³-hybridized carbons (Fsp3) is 0.235. The van der Waals surface area contributed by atoms with E-state index < -0.39 is 17.5 Å². The molecule has 5 heteroatoms. The van der Waals surface area contributed by atoms with Crippen LogP contribution in [0.1, 0.15) is 39.3 Å². The van der Waals surface area contributed by atoms with Gasteiger partial charge in [-0.2, -0.15) is 0 Å². The van der Waals surface area contributed by atoms with Crippen LogP contribution in [-0.2, 0) is 11.2 Å². The van der Waals surface area contributed by atoms with E-state index in [1.54, 1.807) is 0 Å². The molecular weight excluding hydrogens is 280 g/mol. The largest absolute Gasteiger partial charge is 0.455 e. The smallest absolute Gasteiger partial charge is 0.340 e. The van der Waals surface area contributed by atoms with Crippen molar-refractivity contribution in [1.82, 2.24) is 4.98 Å². The molecule has 1 amide bonds. The standard InChI is InChI=1S/C17H16N2O3/c18-15(20)14-7-6-13(11-19-14)16(21)22-17(8-9-17)10-12-4-2-1-3-5-12/h1-7,11H,8-10H2,(H2,18,20). The Hall–Kier alpha value is -2.69. The molecule has 0 spiro atoms. The Morgan fingerprint density at radius 3 is 2.41 bits per heavy atom. The van der Waals surface area contributed by atoms with E-state index >= 15 is 0 Å². The fourth-order valence-corrected chi connectivity index (χ4v) is 2.34. The Morgan fingerprint density at radius 2 is 1.86 bits per heavy atom. The van der Waals surface area contributed by atoms with Crippen molar-refractivity contribution in [2.24, 2.45) is 5.73 Å². The summed E-state index contributed by atoms with van der Waals surface area (Å²) in [5.41, 5.74) is 6.32. The molecule has 3 rings (SSSR count). The molecule has 1 saturated carbocycles. The summed E-state index contributed by atoms with van der Waals surface area (Å²) in [5, 5.41) is 0. The van der Waals surface area contributed by atoms with Crippen LogP contribution in [0.5, 0.6) is 0 Å². The average Bonchev–Trinajstić information content (AvgIpc) is 3.27. The van der Waals surface area contributed by atoms with Gasteiger partial charge in [-0.25, -0.2) is 4.79 Å². The summed E-state index contributed by atoms with van der Waals surface area (Å²) in [5.74, 6) is -1.04. The van der Waals surface area contributed by atoms with Crippen molar-refractivity contribution in [2.75, 3.05) is 0 Å². The van der Waals surface area contributed by atoms with Gasteiger partial charge >= 0.3 is 5.97 Å². The zero-order chi connectivity index (χ0) is 15.6. The molecule has 2 aromatic rings. The Balaban J connectivity index is 1.67. The number of nitrogens with two attached hydrogens (primary N) is 1. The lowest BCUT2D eigenvalue weighted by atomic mass is 10.1. The number of hydrogen-bond donors (Lipinski definition) is 1. The van der Waals surface area contributed by atoms with Gasteiger partial charge < -0.3 is 10.5 Å². The van der Waals surface area contributed by atoms with Crippen molar-refractivity contribution in [3.63, 3.8) is 0 Å². The first-order valence-corrected chi connectivity index (χ1v) is 7.11. The number of esters is 1. The van der Waals surface area contributed by atoms with Crippen LogP contribution in [-0.4, -0.2) is 22.5 Å². The van der Waals surface area contributed by atoms with Gasteiger partial charge in [0.15, 0.2) is 0 Å². The minimum Gasteiger partial charge on any atom is -0.455 e. The van der Waals surface area contributed by atoms with E-state index in [4.69, 9.17) is 10.5 Å². The second-order valence-electron chi connectivity index (χ2n) is 5.53. The van der Waals surface area contributed by atoms with Crippen LogP contribution in [0.15, 0.2) is 48.7 Å². The highest BCUT2D eigenvalue weighted by Gasteiger charge is 2.46. The number of hydrogen-bond acceptors (Lipinski definition) is 4. The lowest BCUT2D eigenvalue weighted by Gasteiger charge is -2.16. The number of carbonyl (C=O) groups excluding carboxylic acids is 2. The molecule has 0 saturated heterocycles. The maximum atomic E-state index is 12.2. The molecule has 1 heterocycles. The van der Waals surface area contributed by atoms with Crippen LogP contribution in [0.3, 0.4) is 0 Å². The van der Waals surface area contributed by atoms with Crippen molar-refractivity contribution in [1.29, 1.82) is 0 Å². The SMILES string of the molecule is NC(=O)c1ccc(C(=O)OC2(Cc3ccccc3)CC2)cn1. The first-order chi connectivity index (χ1) is 10.6. The molecule has 0 unspecified atom stereocenters. The molecule has 1 aromatic heterocycles. The number of benzene rings is 1. The number of primary amides is 1. The highest BCUT2D eigenvalue weighted by atomic mass is 16.6. The summed E-state index contributed by atoms with van der Waals surface area (Å²) in [6.07, 6.45) is 3.76. The summed E-state index contributed by atoms with van der Waals surface area (Å²) < 4.78 is 5.64. The van der Waals surface area contributed by atoms with Gasteiger partial charge in [0.2, 0.25) is 0 Å². The highest BCUT2D eigenvalue weighted by molar-refractivity contribution is 5.93. The first-order valence-electron chi connectivity index (χ1n) is 7.11. The molecule has 1 aromatic carbocycles. The Kier molecular flexibility index (Phi) is 3.63. The third kappa shape index (κ3) is 3.14. The first kappa shape index (κ1) is 14.3. The normalized spacial score (nSPS) is 15.1. The Morgan fingerprint density at radius 1 is 1.14 bits per heavy atom. The average molecular weight is 296 g/mol. The third-order valence-electron chi connectivity index (χ3n) is 3.74. The molecule has 0 aliphatic heterocycles. The number of amides is 1. The van der Waals surface area contributed by atoms with E-state index in [2.05, 4.69) is 4.98 Å². The molecular formula is C17H16N2O3. The number of aromatic nitrogens is 1.